The summed E-state index contributed by atoms with van der Waals surface area (Å²) < 4.78 is 0. The molecule has 0 radical (unpaired) electrons. The molecule has 2 heterocycles. The van der Waals surface area contributed by atoms with Crippen LogP contribution in [0.2, 0.25) is 0 Å². The molecule has 5 heteroatoms. The largest absolute Gasteiger partial charge is 0.363 e. The lowest BCUT2D eigenvalue weighted by Crippen LogP contribution is -2.10. The summed E-state index contributed by atoms with van der Waals surface area (Å²) in [4.78, 5) is 13.4. The Morgan fingerprint density at radius 1 is 1.29 bits per heavy atom. The van der Waals surface area contributed by atoms with Gasteiger partial charge in [0.05, 0.1) is 10.6 Å². The van der Waals surface area contributed by atoms with Gasteiger partial charge in [-0.05, 0) is 24.3 Å². The molecule has 17 heavy (non-hydrogen) atoms. The molecular formula is C12H15N3OS. The second-order valence-electron chi connectivity index (χ2n) is 3.85. The maximum atomic E-state index is 5.06. The van der Waals surface area contributed by atoms with E-state index >= 15 is 0 Å². The fraction of sp³-hybridized carbons (Fsp3) is 0.250. The third kappa shape index (κ3) is 2.82. The summed E-state index contributed by atoms with van der Waals surface area (Å²) >= 11 is 1.64. The minimum Gasteiger partial charge on any atom is -0.363 e. The molecule has 0 aliphatic heterocycles. The van der Waals surface area contributed by atoms with Gasteiger partial charge < -0.3 is 4.90 Å². The quantitative estimate of drug-likeness (QED) is 0.844. The van der Waals surface area contributed by atoms with Gasteiger partial charge in [-0.3, -0.25) is 4.84 Å². The van der Waals surface area contributed by atoms with E-state index in [1.807, 2.05) is 49.3 Å². The van der Waals surface area contributed by atoms with E-state index in [-0.39, 0.29) is 0 Å². The van der Waals surface area contributed by atoms with Gasteiger partial charge >= 0.3 is 0 Å². The van der Waals surface area contributed by atoms with Crippen LogP contribution in [-0.4, -0.2) is 19.1 Å². The molecule has 2 aromatic heterocycles. The molecule has 0 spiro atoms. The van der Waals surface area contributed by atoms with E-state index in [0.29, 0.717) is 6.61 Å². The third-order valence-electron chi connectivity index (χ3n) is 2.33. The first-order chi connectivity index (χ1) is 8.20. The van der Waals surface area contributed by atoms with Crippen LogP contribution in [0.15, 0.2) is 30.3 Å². The van der Waals surface area contributed by atoms with Gasteiger partial charge in [-0.15, -0.1) is 11.3 Å². The lowest BCUT2D eigenvalue weighted by Gasteiger charge is -2.11. The molecular weight excluding hydrogens is 234 g/mol. The van der Waals surface area contributed by atoms with Crippen LogP contribution in [0.4, 0.5) is 5.82 Å². The number of hydrogen-bond acceptors (Lipinski definition) is 5. The van der Waals surface area contributed by atoms with E-state index in [1.165, 1.54) is 0 Å². The van der Waals surface area contributed by atoms with Crippen molar-refractivity contribution in [3.05, 3.63) is 35.2 Å². The molecule has 0 saturated heterocycles. The molecule has 0 aromatic carbocycles. The van der Waals surface area contributed by atoms with Crippen LogP contribution in [-0.2, 0) is 11.4 Å². The summed E-state index contributed by atoms with van der Waals surface area (Å²) in [7, 11) is 3.96. The highest BCUT2D eigenvalue weighted by molar-refractivity contribution is 7.15. The molecule has 2 N–H and O–H groups in total. The van der Waals surface area contributed by atoms with Crippen molar-refractivity contribution >= 4 is 17.2 Å². The van der Waals surface area contributed by atoms with Crippen molar-refractivity contribution in [3.63, 3.8) is 0 Å². The molecule has 0 aliphatic rings. The molecule has 2 rings (SSSR count). The smallest absolute Gasteiger partial charge is 0.128 e. The number of thiophene rings is 1. The van der Waals surface area contributed by atoms with Gasteiger partial charge in [0.2, 0.25) is 0 Å². The molecule has 0 aliphatic carbocycles. The highest BCUT2D eigenvalue weighted by Gasteiger charge is 2.05. The first kappa shape index (κ1) is 12.0. The lowest BCUT2D eigenvalue weighted by atomic mass is 10.3. The van der Waals surface area contributed by atoms with E-state index in [4.69, 9.17) is 5.90 Å². The lowest BCUT2D eigenvalue weighted by molar-refractivity contribution is 0.126. The van der Waals surface area contributed by atoms with Crippen LogP contribution >= 0.6 is 11.3 Å². The normalized spacial score (nSPS) is 10.5. The van der Waals surface area contributed by atoms with Gasteiger partial charge in [0.25, 0.3) is 0 Å². The Hall–Kier alpha value is -1.43. The number of hydrogen-bond donors (Lipinski definition) is 1. The fourth-order valence-corrected chi connectivity index (χ4v) is 2.38. The van der Waals surface area contributed by atoms with Gasteiger partial charge in [0.15, 0.2) is 0 Å². The van der Waals surface area contributed by atoms with Crippen LogP contribution in [0.1, 0.15) is 4.88 Å². The topological polar surface area (TPSA) is 51.4 Å². The molecule has 2 aromatic rings. The molecule has 0 atom stereocenters. The fourth-order valence-electron chi connectivity index (χ4n) is 1.48. The third-order valence-corrected chi connectivity index (χ3v) is 3.41. The molecule has 0 amide bonds. The summed E-state index contributed by atoms with van der Waals surface area (Å²) in [6.07, 6.45) is 0. The monoisotopic (exact) mass is 249 g/mol. The van der Waals surface area contributed by atoms with Gasteiger partial charge in [0.1, 0.15) is 12.4 Å². The molecule has 0 bridgehead atoms. The second-order valence-corrected chi connectivity index (χ2v) is 5.02. The van der Waals surface area contributed by atoms with Crippen molar-refractivity contribution in [1.82, 2.24) is 4.98 Å². The zero-order chi connectivity index (χ0) is 12.3. The van der Waals surface area contributed by atoms with Crippen molar-refractivity contribution in [2.75, 3.05) is 19.0 Å². The molecule has 0 saturated carbocycles. The minimum absolute atomic E-state index is 0.442. The Labute approximate surface area is 105 Å². The van der Waals surface area contributed by atoms with Crippen LogP contribution in [0.25, 0.3) is 10.6 Å². The number of aromatic nitrogens is 1. The molecule has 4 nitrogen and oxygen atoms in total. The first-order valence-corrected chi connectivity index (χ1v) is 6.07. The number of anilines is 1. The van der Waals surface area contributed by atoms with Crippen molar-refractivity contribution in [2.24, 2.45) is 5.90 Å². The van der Waals surface area contributed by atoms with E-state index in [1.54, 1.807) is 11.3 Å². The summed E-state index contributed by atoms with van der Waals surface area (Å²) in [5.41, 5.74) is 0.976. The first-order valence-electron chi connectivity index (χ1n) is 5.26. The number of nitrogens with zero attached hydrogens (tertiary/aromatic N) is 2. The van der Waals surface area contributed by atoms with E-state index in [2.05, 4.69) is 9.82 Å². The highest BCUT2D eigenvalue weighted by Crippen LogP contribution is 2.28. The Morgan fingerprint density at radius 2 is 2.12 bits per heavy atom. The zero-order valence-corrected chi connectivity index (χ0v) is 10.7. The van der Waals surface area contributed by atoms with Crippen LogP contribution in [0, 0.1) is 0 Å². The highest BCUT2D eigenvalue weighted by atomic mass is 32.1. The van der Waals surface area contributed by atoms with Crippen molar-refractivity contribution in [3.8, 4) is 10.6 Å². The van der Waals surface area contributed by atoms with Crippen molar-refractivity contribution < 1.29 is 4.84 Å². The van der Waals surface area contributed by atoms with Crippen molar-refractivity contribution in [2.45, 2.75) is 6.61 Å². The Balaban J connectivity index is 2.28. The van der Waals surface area contributed by atoms with Gasteiger partial charge in [-0.25, -0.2) is 10.9 Å². The Bertz CT molecular complexity index is 496. The number of nitrogens with two attached hydrogens (primary N) is 1. The number of rotatable bonds is 4. The average Bonchev–Trinajstić information content (AvgIpc) is 2.78. The molecule has 0 fully saturated rings. The minimum atomic E-state index is 0.442. The average molecular weight is 249 g/mol. The number of pyridine rings is 1. The predicted molar refractivity (Wildman–Crippen MR) is 70.9 cm³/mol. The molecule has 0 unspecified atom stereocenters. The zero-order valence-electron chi connectivity index (χ0n) is 9.88. The van der Waals surface area contributed by atoms with Crippen LogP contribution < -0.4 is 10.8 Å². The SMILES string of the molecule is CN(C)c1cccc(-c2ccc(CON)s2)n1. The second kappa shape index (κ2) is 5.27. The maximum absolute atomic E-state index is 5.06. The molecule has 90 valence electrons. The summed E-state index contributed by atoms with van der Waals surface area (Å²) in [5.74, 6) is 6.01. The summed E-state index contributed by atoms with van der Waals surface area (Å²) in [5, 5.41) is 0. The van der Waals surface area contributed by atoms with Crippen LogP contribution in [0.3, 0.4) is 0 Å². The standard InChI is InChI=1S/C12H15N3OS/c1-15(2)12-5-3-4-10(14-12)11-7-6-9(17-11)8-16-13/h3-7H,8,13H2,1-2H3. The summed E-state index contributed by atoms with van der Waals surface area (Å²) in [6.45, 7) is 0.442. The van der Waals surface area contributed by atoms with E-state index in [9.17, 15) is 0 Å². The van der Waals surface area contributed by atoms with Gasteiger partial charge in [-0.2, -0.15) is 0 Å². The van der Waals surface area contributed by atoms with Crippen LogP contribution in [0.5, 0.6) is 0 Å². The van der Waals surface area contributed by atoms with Gasteiger partial charge in [-0.1, -0.05) is 6.07 Å². The summed E-state index contributed by atoms with van der Waals surface area (Å²) in [6, 6.07) is 10.1. The Kier molecular flexibility index (Phi) is 3.73. The predicted octanol–water partition coefficient (Wildman–Crippen LogP) is 2.27. The van der Waals surface area contributed by atoms with Crippen molar-refractivity contribution in [1.29, 1.82) is 0 Å². The maximum Gasteiger partial charge on any atom is 0.128 e. The van der Waals surface area contributed by atoms with Gasteiger partial charge in [0, 0.05) is 19.0 Å². The van der Waals surface area contributed by atoms with E-state index < -0.39 is 0 Å². The Morgan fingerprint density at radius 3 is 2.82 bits per heavy atom. The van der Waals surface area contributed by atoms with E-state index in [0.717, 1.165) is 21.3 Å².